The molecule has 0 spiro atoms. The lowest BCUT2D eigenvalue weighted by molar-refractivity contribution is 0.410. The van der Waals surface area contributed by atoms with Gasteiger partial charge in [-0.15, -0.1) is 0 Å². The molecule has 0 fully saturated rings. The lowest BCUT2D eigenvalue weighted by Crippen LogP contribution is -2.01. The van der Waals surface area contributed by atoms with Crippen LogP contribution in [0.2, 0.25) is 0 Å². The van der Waals surface area contributed by atoms with Gasteiger partial charge in [0.15, 0.2) is 0 Å². The molecule has 1 heterocycles. The van der Waals surface area contributed by atoms with Crippen molar-refractivity contribution in [1.82, 2.24) is 5.16 Å². The third-order valence-corrected chi connectivity index (χ3v) is 2.23. The molecule has 0 saturated carbocycles. The Hall–Kier alpha value is -0.990. The van der Waals surface area contributed by atoms with Crippen LogP contribution in [0.15, 0.2) is 10.6 Å². The van der Waals surface area contributed by atoms with Gasteiger partial charge >= 0.3 is 0 Å². The second kappa shape index (κ2) is 4.14. The zero-order valence-corrected chi connectivity index (χ0v) is 7.71. The van der Waals surface area contributed by atoms with Crippen LogP contribution in [0.4, 0.5) is 5.88 Å². The fourth-order valence-corrected chi connectivity index (χ4v) is 1.30. The summed E-state index contributed by atoms with van der Waals surface area (Å²) in [7, 11) is 0. The first-order chi connectivity index (χ1) is 5.76. The van der Waals surface area contributed by atoms with E-state index in [-0.39, 0.29) is 0 Å². The fraction of sp³-hybridized carbons (Fsp3) is 0.667. The van der Waals surface area contributed by atoms with E-state index < -0.39 is 0 Å². The van der Waals surface area contributed by atoms with Crippen LogP contribution in [0.3, 0.4) is 0 Å². The van der Waals surface area contributed by atoms with Crippen LogP contribution in [0, 0.1) is 5.92 Å². The van der Waals surface area contributed by atoms with E-state index in [2.05, 4.69) is 19.0 Å². The summed E-state index contributed by atoms with van der Waals surface area (Å²) in [6.07, 6.45) is 3.35. The molecule has 0 unspecified atom stereocenters. The van der Waals surface area contributed by atoms with Crippen LogP contribution in [0.1, 0.15) is 32.4 Å². The van der Waals surface area contributed by atoms with Gasteiger partial charge in [0.25, 0.3) is 0 Å². The summed E-state index contributed by atoms with van der Waals surface area (Å²) < 4.78 is 4.78. The summed E-state index contributed by atoms with van der Waals surface area (Å²) in [6.45, 7) is 4.38. The van der Waals surface area contributed by atoms with E-state index in [1.54, 1.807) is 6.07 Å². The summed E-state index contributed by atoms with van der Waals surface area (Å²) in [6, 6.07) is 1.80. The van der Waals surface area contributed by atoms with Gasteiger partial charge in [-0.05, 0) is 12.3 Å². The van der Waals surface area contributed by atoms with Crippen LogP contribution in [0.25, 0.3) is 0 Å². The minimum atomic E-state index is 0.413. The van der Waals surface area contributed by atoms with Crippen LogP contribution in [-0.2, 0) is 6.42 Å². The van der Waals surface area contributed by atoms with Crippen LogP contribution >= 0.6 is 0 Å². The van der Waals surface area contributed by atoms with Crippen molar-refractivity contribution in [3.05, 3.63) is 11.8 Å². The van der Waals surface area contributed by atoms with E-state index in [1.165, 1.54) is 12.8 Å². The molecule has 0 saturated heterocycles. The highest BCUT2D eigenvalue weighted by molar-refractivity contribution is 5.24. The Morgan fingerprint density at radius 1 is 1.50 bits per heavy atom. The fourth-order valence-electron chi connectivity index (χ4n) is 1.30. The molecule has 1 aromatic heterocycles. The molecule has 1 aromatic rings. The molecule has 0 radical (unpaired) electrons. The molecule has 3 nitrogen and oxygen atoms in total. The second-order valence-corrected chi connectivity index (χ2v) is 3.11. The molecule has 0 aliphatic carbocycles. The molecule has 0 aromatic carbocycles. The van der Waals surface area contributed by atoms with E-state index in [0.29, 0.717) is 11.8 Å². The monoisotopic (exact) mass is 168 g/mol. The Bertz CT molecular complexity index is 228. The first-order valence-electron chi connectivity index (χ1n) is 4.47. The molecular formula is C9H16N2O. The van der Waals surface area contributed by atoms with Crippen molar-refractivity contribution in [2.24, 2.45) is 5.92 Å². The topological polar surface area (TPSA) is 52.0 Å². The quantitative estimate of drug-likeness (QED) is 0.750. The second-order valence-electron chi connectivity index (χ2n) is 3.11. The number of nitrogens with two attached hydrogens (primary N) is 1. The maximum absolute atomic E-state index is 5.41. The van der Waals surface area contributed by atoms with Gasteiger partial charge < -0.3 is 10.3 Å². The normalized spacial score (nSPS) is 10.9. The number of anilines is 1. The van der Waals surface area contributed by atoms with Crippen LogP contribution in [-0.4, -0.2) is 5.16 Å². The Morgan fingerprint density at radius 2 is 2.17 bits per heavy atom. The standard InChI is InChI=1S/C9H16N2O/c1-3-7(4-2)5-8-6-9(10)12-11-8/h6-7H,3-5,10H2,1-2H3. The summed E-state index contributed by atoms with van der Waals surface area (Å²) >= 11 is 0. The van der Waals surface area contributed by atoms with Gasteiger partial charge in [-0.2, -0.15) is 0 Å². The zero-order valence-electron chi connectivity index (χ0n) is 7.71. The summed E-state index contributed by atoms with van der Waals surface area (Å²) in [5.41, 5.74) is 6.38. The third kappa shape index (κ3) is 2.26. The number of nitrogen functional groups attached to an aromatic ring is 1. The van der Waals surface area contributed by atoms with E-state index in [0.717, 1.165) is 12.1 Å². The highest BCUT2D eigenvalue weighted by atomic mass is 16.5. The lowest BCUT2D eigenvalue weighted by atomic mass is 9.98. The van der Waals surface area contributed by atoms with Crippen LogP contribution in [0.5, 0.6) is 0 Å². The molecule has 1 rings (SSSR count). The predicted molar refractivity (Wildman–Crippen MR) is 48.7 cm³/mol. The Labute approximate surface area is 72.9 Å². The van der Waals surface area contributed by atoms with Gasteiger partial charge in [-0.25, -0.2) is 0 Å². The van der Waals surface area contributed by atoms with Crippen molar-refractivity contribution < 1.29 is 4.52 Å². The van der Waals surface area contributed by atoms with Gasteiger partial charge in [0, 0.05) is 6.07 Å². The number of aromatic nitrogens is 1. The zero-order chi connectivity index (χ0) is 8.97. The number of hydrogen-bond acceptors (Lipinski definition) is 3. The van der Waals surface area contributed by atoms with E-state index in [9.17, 15) is 0 Å². The van der Waals surface area contributed by atoms with Crippen molar-refractivity contribution in [2.75, 3.05) is 5.73 Å². The van der Waals surface area contributed by atoms with Gasteiger partial charge in [-0.1, -0.05) is 31.8 Å². The number of rotatable bonds is 4. The molecule has 0 bridgehead atoms. The molecule has 12 heavy (non-hydrogen) atoms. The first-order valence-corrected chi connectivity index (χ1v) is 4.47. The van der Waals surface area contributed by atoms with Gasteiger partial charge in [0.2, 0.25) is 5.88 Å². The smallest absolute Gasteiger partial charge is 0.222 e. The number of nitrogens with zero attached hydrogens (tertiary/aromatic N) is 1. The van der Waals surface area contributed by atoms with Crippen molar-refractivity contribution in [2.45, 2.75) is 33.1 Å². The van der Waals surface area contributed by atoms with E-state index in [1.807, 2.05) is 0 Å². The molecule has 0 aliphatic rings. The Balaban J connectivity index is 2.50. The predicted octanol–water partition coefficient (Wildman–Crippen LogP) is 2.24. The van der Waals surface area contributed by atoms with Crippen molar-refractivity contribution in [1.29, 1.82) is 0 Å². The molecule has 0 amide bonds. The molecule has 68 valence electrons. The Morgan fingerprint density at radius 3 is 2.58 bits per heavy atom. The molecule has 0 atom stereocenters. The van der Waals surface area contributed by atoms with Crippen molar-refractivity contribution >= 4 is 5.88 Å². The summed E-state index contributed by atoms with van der Waals surface area (Å²) in [4.78, 5) is 0. The highest BCUT2D eigenvalue weighted by Gasteiger charge is 2.08. The third-order valence-electron chi connectivity index (χ3n) is 2.23. The van der Waals surface area contributed by atoms with E-state index >= 15 is 0 Å². The maximum Gasteiger partial charge on any atom is 0.222 e. The summed E-state index contributed by atoms with van der Waals surface area (Å²) in [5, 5.41) is 3.85. The highest BCUT2D eigenvalue weighted by Crippen LogP contribution is 2.15. The van der Waals surface area contributed by atoms with Crippen molar-refractivity contribution in [3.8, 4) is 0 Å². The lowest BCUT2D eigenvalue weighted by Gasteiger charge is -2.08. The minimum absolute atomic E-state index is 0.413. The molecule has 2 N–H and O–H groups in total. The van der Waals surface area contributed by atoms with E-state index in [4.69, 9.17) is 10.3 Å². The first kappa shape index (κ1) is 9.10. The molecular weight excluding hydrogens is 152 g/mol. The van der Waals surface area contributed by atoms with Gasteiger partial charge in [0.05, 0.1) is 5.69 Å². The maximum atomic E-state index is 5.41. The Kier molecular flexibility index (Phi) is 3.14. The minimum Gasteiger partial charge on any atom is -0.368 e. The molecule has 3 heteroatoms. The molecule has 0 aliphatic heterocycles. The largest absolute Gasteiger partial charge is 0.368 e. The van der Waals surface area contributed by atoms with Gasteiger partial charge in [-0.3, -0.25) is 0 Å². The SMILES string of the molecule is CCC(CC)Cc1cc(N)on1. The average molecular weight is 168 g/mol. The van der Waals surface area contributed by atoms with Crippen molar-refractivity contribution in [3.63, 3.8) is 0 Å². The number of hydrogen-bond donors (Lipinski definition) is 1. The van der Waals surface area contributed by atoms with Gasteiger partial charge in [0.1, 0.15) is 0 Å². The average Bonchev–Trinajstić information content (AvgIpc) is 2.47. The van der Waals surface area contributed by atoms with Crippen LogP contribution < -0.4 is 5.73 Å². The summed E-state index contributed by atoms with van der Waals surface area (Å²) in [5.74, 6) is 1.12.